The smallest absolute Gasteiger partial charge is 0.438 e. The maximum absolute atomic E-state index is 13.5. The number of nitrogens with zero attached hydrogens (tertiary/aromatic N) is 3. The second-order valence-electron chi connectivity index (χ2n) is 5.76. The van der Waals surface area contributed by atoms with Gasteiger partial charge in [-0.3, -0.25) is 4.84 Å². The summed E-state index contributed by atoms with van der Waals surface area (Å²) in [7, 11) is 4.10. The number of anilines is 3. The standard InChI is InChI=1S/C20H19FN4O4/c1-27-18-9-13(21)7-8-16(18)17-11-19(23-12-22-17)24-14-5-4-6-15(10-14)25(29-3)20(26)28-2/h4-12H,1-3H3,(H,22,23,24). The first-order chi connectivity index (χ1) is 14.0. The predicted molar refractivity (Wildman–Crippen MR) is 106 cm³/mol. The number of carbonyl (C=O) groups excluding carboxylic acids is 1. The highest BCUT2D eigenvalue weighted by Crippen LogP contribution is 2.30. The van der Waals surface area contributed by atoms with E-state index in [2.05, 4.69) is 15.3 Å². The Bertz CT molecular complexity index is 1020. The SMILES string of the molecule is COC(=O)N(OC)c1cccc(Nc2cc(-c3ccc(F)cc3OC)ncn2)c1. The molecule has 150 valence electrons. The topological polar surface area (TPSA) is 85.8 Å². The number of hydroxylamine groups is 1. The number of hydrogen-bond donors (Lipinski definition) is 1. The number of ether oxygens (including phenoxy) is 2. The Morgan fingerprint density at radius 1 is 1.07 bits per heavy atom. The number of halogens is 1. The van der Waals surface area contributed by atoms with Crippen molar-refractivity contribution in [2.45, 2.75) is 0 Å². The summed E-state index contributed by atoms with van der Waals surface area (Å²) >= 11 is 0. The van der Waals surface area contributed by atoms with E-state index in [9.17, 15) is 9.18 Å². The lowest BCUT2D eigenvalue weighted by molar-refractivity contribution is 0.116. The predicted octanol–water partition coefficient (Wildman–Crippen LogP) is 4.17. The van der Waals surface area contributed by atoms with E-state index >= 15 is 0 Å². The molecular weight excluding hydrogens is 379 g/mol. The highest BCUT2D eigenvalue weighted by atomic mass is 19.1. The Morgan fingerprint density at radius 3 is 2.62 bits per heavy atom. The lowest BCUT2D eigenvalue weighted by Crippen LogP contribution is -2.29. The quantitative estimate of drug-likeness (QED) is 0.624. The molecule has 0 saturated carbocycles. The Morgan fingerprint density at radius 2 is 1.90 bits per heavy atom. The van der Waals surface area contributed by atoms with Crippen LogP contribution in [-0.4, -0.2) is 37.4 Å². The van der Waals surface area contributed by atoms with Crippen molar-refractivity contribution in [3.8, 4) is 17.0 Å². The second-order valence-corrected chi connectivity index (χ2v) is 5.76. The molecule has 1 amide bonds. The third-order valence-corrected chi connectivity index (χ3v) is 3.98. The van der Waals surface area contributed by atoms with Crippen LogP contribution in [0.25, 0.3) is 11.3 Å². The van der Waals surface area contributed by atoms with Crippen molar-refractivity contribution >= 4 is 23.3 Å². The third kappa shape index (κ3) is 4.58. The van der Waals surface area contributed by atoms with Gasteiger partial charge in [0.15, 0.2) is 0 Å². The molecule has 8 nitrogen and oxygen atoms in total. The third-order valence-electron chi connectivity index (χ3n) is 3.98. The van der Waals surface area contributed by atoms with E-state index in [0.29, 0.717) is 34.2 Å². The van der Waals surface area contributed by atoms with Crippen LogP contribution in [0.15, 0.2) is 54.9 Å². The van der Waals surface area contributed by atoms with Gasteiger partial charge in [-0.1, -0.05) is 6.07 Å². The van der Waals surface area contributed by atoms with Gasteiger partial charge >= 0.3 is 6.09 Å². The normalized spacial score (nSPS) is 10.3. The fraction of sp³-hybridized carbons (Fsp3) is 0.150. The molecule has 0 aliphatic carbocycles. The van der Waals surface area contributed by atoms with E-state index in [1.807, 2.05) is 0 Å². The lowest BCUT2D eigenvalue weighted by Gasteiger charge is -2.18. The maximum atomic E-state index is 13.5. The van der Waals surface area contributed by atoms with Crippen LogP contribution in [0.5, 0.6) is 5.75 Å². The Hall–Kier alpha value is -3.72. The van der Waals surface area contributed by atoms with Gasteiger partial charge in [0.05, 0.1) is 32.7 Å². The minimum Gasteiger partial charge on any atom is -0.496 e. The summed E-state index contributed by atoms with van der Waals surface area (Å²) in [5.74, 6) is 0.467. The van der Waals surface area contributed by atoms with Crippen LogP contribution in [0.3, 0.4) is 0 Å². The zero-order valence-corrected chi connectivity index (χ0v) is 16.0. The van der Waals surface area contributed by atoms with Crippen molar-refractivity contribution in [1.29, 1.82) is 0 Å². The zero-order valence-electron chi connectivity index (χ0n) is 16.0. The second kappa shape index (κ2) is 8.98. The summed E-state index contributed by atoms with van der Waals surface area (Å²) in [4.78, 5) is 25.3. The van der Waals surface area contributed by atoms with Gasteiger partial charge in [0.2, 0.25) is 0 Å². The number of aromatic nitrogens is 2. The fourth-order valence-electron chi connectivity index (χ4n) is 2.68. The van der Waals surface area contributed by atoms with E-state index in [1.54, 1.807) is 36.4 Å². The average Bonchev–Trinajstić information content (AvgIpc) is 2.74. The summed E-state index contributed by atoms with van der Waals surface area (Å²) in [6.45, 7) is 0. The fourth-order valence-corrected chi connectivity index (χ4v) is 2.68. The molecule has 9 heteroatoms. The van der Waals surface area contributed by atoms with Gasteiger partial charge in [-0.2, -0.15) is 5.06 Å². The highest BCUT2D eigenvalue weighted by molar-refractivity contribution is 5.86. The summed E-state index contributed by atoms with van der Waals surface area (Å²) in [6.07, 6.45) is 0.734. The summed E-state index contributed by atoms with van der Waals surface area (Å²) < 4.78 is 23.4. The number of carbonyl (C=O) groups is 1. The first kappa shape index (κ1) is 20.0. The Kier molecular flexibility index (Phi) is 6.20. The first-order valence-electron chi connectivity index (χ1n) is 8.51. The molecule has 1 N–H and O–H groups in total. The molecule has 0 spiro atoms. The number of rotatable bonds is 6. The summed E-state index contributed by atoms with van der Waals surface area (Å²) in [6, 6.07) is 12.9. The molecule has 0 saturated heterocycles. The van der Waals surface area contributed by atoms with E-state index in [1.165, 1.54) is 39.8 Å². The Balaban J connectivity index is 1.88. The molecule has 0 atom stereocenters. The van der Waals surface area contributed by atoms with Crippen molar-refractivity contribution in [3.63, 3.8) is 0 Å². The van der Waals surface area contributed by atoms with Crippen molar-refractivity contribution in [3.05, 3.63) is 60.7 Å². The number of methoxy groups -OCH3 is 2. The minimum atomic E-state index is -0.655. The Labute approximate surface area is 166 Å². The van der Waals surface area contributed by atoms with Gasteiger partial charge in [0.25, 0.3) is 0 Å². The molecular formula is C20H19FN4O4. The van der Waals surface area contributed by atoms with E-state index in [0.717, 1.165) is 5.06 Å². The van der Waals surface area contributed by atoms with E-state index in [-0.39, 0.29) is 0 Å². The van der Waals surface area contributed by atoms with Gasteiger partial charge in [0.1, 0.15) is 23.7 Å². The molecule has 0 aliphatic heterocycles. The summed E-state index contributed by atoms with van der Waals surface area (Å²) in [5, 5.41) is 4.15. The van der Waals surface area contributed by atoms with Gasteiger partial charge in [-0.05, 0) is 30.3 Å². The largest absolute Gasteiger partial charge is 0.496 e. The number of hydrogen-bond acceptors (Lipinski definition) is 7. The molecule has 2 aromatic carbocycles. The van der Waals surface area contributed by atoms with Crippen LogP contribution in [0, 0.1) is 5.82 Å². The van der Waals surface area contributed by atoms with Crippen molar-refractivity contribution in [1.82, 2.24) is 9.97 Å². The molecule has 0 fully saturated rings. The highest BCUT2D eigenvalue weighted by Gasteiger charge is 2.16. The van der Waals surface area contributed by atoms with Crippen molar-refractivity contribution in [2.75, 3.05) is 31.7 Å². The molecule has 3 aromatic rings. The molecule has 1 heterocycles. The zero-order chi connectivity index (χ0) is 20.8. The maximum Gasteiger partial charge on any atom is 0.438 e. The number of nitrogens with one attached hydrogen (secondary N) is 1. The van der Waals surface area contributed by atoms with Crippen LogP contribution in [0.1, 0.15) is 0 Å². The van der Waals surface area contributed by atoms with Gasteiger partial charge in [-0.15, -0.1) is 0 Å². The van der Waals surface area contributed by atoms with Crippen molar-refractivity contribution < 1.29 is 23.5 Å². The monoisotopic (exact) mass is 398 g/mol. The van der Waals surface area contributed by atoms with Gasteiger partial charge in [-0.25, -0.2) is 19.2 Å². The molecule has 1 aromatic heterocycles. The van der Waals surface area contributed by atoms with E-state index in [4.69, 9.17) is 14.3 Å². The van der Waals surface area contributed by atoms with Crippen LogP contribution >= 0.6 is 0 Å². The minimum absolute atomic E-state index is 0.366. The van der Waals surface area contributed by atoms with Gasteiger partial charge < -0.3 is 14.8 Å². The molecule has 0 radical (unpaired) electrons. The molecule has 29 heavy (non-hydrogen) atoms. The number of amides is 1. The van der Waals surface area contributed by atoms with Crippen LogP contribution in [0.4, 0.5) is 26.4 Å². The van der Waals surface area contributed by atoms with Crippen LogP contribution < -0.4 is 15.1 Å². The lowest BCUT2D eigenvalue weighted by atomic mass is 10.1. The van der Waals surface area contributed by atoms with Crippen LogP contribution in [0.2, 0.25) is 0 Å². The molecule has 0 unspecified atom stereocenters. The van der Waals surface area contributed by atoms with Crippen LogP contribution in [-0.2, 0) is 9.57 Å². The number of benzene rings is 2. The first-order valence-corrected chi connectivity index (χ1v) is 8.51. The summed E-state index contributed by atoms with van der Waals surface area (Å²) in [5.41, 5.74) is 2.32. The van der Waals surface area contributed by atoms with Gasteiger partial charge in [0, 0.05) is 23.4 Å². The molecule has 0 bridgehead atoms. The van der Waals surface area contributed by atoms with E-state index < -0.39 is 11.9 Å². The van der Waals surface area contributed by atoms with Crippen molar-refractivity contribution in [2.24, 2.45) is 0 Å². The average molecular weight is 398 g/mol. The molecule has 0 aliphatic rings. The molecule has 3 rings (SSSR count).